The lowest BCUT2D eigenvalue weighted by Gasteiger charge is -2.42. The highest BCUT2D eigenvalue weighted by atomic mass is 16.7. The molecule has 0 amide bonds. The topological polar surface area (TPSA) is 269 Å². The number of aliphatic hydroxyl groups is 6. The summed E-state index contributed by atoms with van der Waals surface area (Å²) in [5.74, 6) is -3.33. The molecule has 0 spiro atoms. The second kappa shape index (κ2) is 11.8. The van der Waals surface area contributed by atoms with Crippen molar-refractivity contribution in [3.8, 4) is 40.1 Å². The molecule has 16 nitrogen and oxygen atoms in total. The summed E-state index contributed by atoms with van der Waals surface area (Å²) in [6.07, 6.45) is -16.2. The van der Waals surface area contributed by atoms with E-state index in [4.69, 9.17) is 23.4 Å². The Balaban J connectivity index is 1.48. The molecular weight excluding hydrogens is 580 g/mol. The number of ether oxygens (including phenoxy) is 4. The van der Waals surface area contributed by atoms with Gasteiger partial charge >= 0.3 is 0 Å². The van der Waals surface area contributed by atoms with E-state index in [0.717, 1.165) is 24.3 Å². The van der Waals surface area contributed by atoms with Crippen LogP contribution in [0.3, 0.4) is 0 Å². The van der Waals surface area contributed by atoms with Crippen LogP contribution in [0.2, 0.25) is 0 Å². The van der Waals surface area contributed by atoms with Crippen LogP contribution in [0.25, 0.3) is 22.3 Å². The highest BCUT2D eigenvalue weighted by Crippen LogP contribution is 2.39. The zero-order valence-corrected chi connectivity index (χ0v) is 22.3. The van der Waals surface area contributed by atoms with Gasteiger partial charge in [0.15, 0.2) is 23.5 Å². The van der Waals surface area contributed by atoms with Gasteiger partial charge in [0.05, 0.1) is 12.7 Å². The number of rotatable bonds is 6. The molecule has 0 unspecified atom stereocenters. The maximum absolute atomic E-state index is 13.6. The van der Waals surface area contributed by atoms with E-state index in [9.17, 15) is 55.9 Å². The molecule has 2 aromatic carbocycles. The average Bonchev–Trinajstić information content (AvgIpc) is 2.96. The van der Waals surface area contributed by atoms with E-state index < -0.39 is 113 Å². The van der Waals surface area contributed by atoms with E-state index in [0.29, 0.717) is 0 Å². The Kier molecular flexibility index (Phi) is 8.41. The van der Waals surface area contributed by atoms with Crippen molar-refractivity contribution in [1.82, 2.24) is 0 Å². The lowest BCUT2D eigenvalue weighted by molar-refractivity contribution is -0.318. The van der Waals surface area contributed by atoms with Gasteiger partial charge in [-0.05, 0) is 25.1 Å². The van der Waals surface area contributed by atoms with Crippen LogP contribution < -0.4 is 10.2 Å². The number of hydrogen-bond acceptors (Lipinski definition) is 16. The van der Waals surface area contributed by atoms with Gasteiger partial charge in [-0.25, -0.2) is 0 Å². The molecule has 2 fully saturated rings. The van der Waals surface area contributed by atoms with Crippen LogP contribution in [0.15, 0.2) is 39.5 Å². The van der Waals surface area contributed by atoms with E-state index in [-0.39, 0.29) is 11.1 Å². The number of aliphatic hydroxyl groups excluding tert-OH is 6. The van der Waals surface area contributed by atoms with E-state index in [1.54, 1.807) is 0 Å². The van der Waals surface area contributed by atoms with Gasteiger partial charge in [0.1, 0.15) is 65.2 Å². The number of fused-ring (bicyclic) bond motifs is 1. The summed E-state index contributed by atoms with van der Waals surface area (Å²) < 4.78 is 27.8. The first-order valence-electron chi connectivity index (χ1n) is 13.0. The summed E-state index contributed by atoms with van der Waals surface area (Å²) in [4.78, 5) is 13.6. The van der Waals surface area contributed by atoms with Crippen molar-refractivity contribution in [2.75, 3.05) is 6.61 Å². The number of benzene rings is 2. The molecule has 0 bridgehead atoms. The molecule has 2 saturated heterocycles. The molecule has 3 heterocycles. The Bertz CT molecular complexity index is 1540. The van der Waals surface area contributed by atoms with Crippen molar-refractivity contribution in [3.63, 3.8) is 0 Å². The maximum Gasteiger partial charge on any atom is 0.239 e. The quantitative estimate of drug-likeness (QED) is 0.140. The molecule has 10 N–H and O–H groups in total. The molecule has 10 atom stereocenters. The molecule has 16 heteroatoms. The molecular formula is C27H30O16. The van der Waals surface area contributed by atoms with Crippen LogP contribution in [-0.2, 0) is 14.2 Å². The summed E-state index contributed by atoms with van der Waals surface area (Å²) in [7, 11) is 0. The first-order chi connectivity index (χ1) is 20.3. The highest BCUT2D eigenvalue weighted by molar-refractivity contribution is 5.88. The van der Waals surface area contributed by atoms with Gasteiger partial charge in [-0.1, -0.05) is 0 Å². The number of aromatic hydroxyl groups is 4. The van der Waals surface area contributed by atoms with Crippen molar-refractivity contribution in [3.05, 3.63) is 40.6 Å². The molecule has 0 aliphatic carbocycles. The first-order valence-corrected chi connectivity index (χ1v) is 13.0. The van der Waals surface area contributed by atoms with Gasteiger partial charge in [-0.15, -0.1) is 0 Å². The zero-order chi connectivity index (χ0) is 31.3. The molecule has 3 aromatic rings. The lowest BCUT2D eigenvalue weighted by Crippen LogP contribution is -2.61. The van der Waals surface area contributed by atoms with Gasteiger partial charge in [0.25, 0.3) is 0 Å². The fourth-order valence-corrected chi connectivity index (χ4v) is 4.84. The summed E-state index contributed by atoms with van der Waals surface area (Å²) in [5, 5.41) is 101. The fraction of sp³-hybridized carbons (Fsp3) is 0.444. The monoisotopic (exact) mass is 610 g/mol. The summed E-state index contributed by atoms with van der Waals surface area (Å²) >= 11 is 0. The van der Waals surface area contributed by atoms with Crippen LogP contribution in [0.4, 0.5) is 0 Å². The minimum absolute atomic E-state index is 0.0313. The summed E-state index contributed by atoms with van der Waals surface area (Å²) in [6.45, 7) is 0.818. The Hall–Kier alpha value is -3.71. The Labute approximate surface area is 241 Å². The third kappa shape index (κ3) is 5.67. The van der Waals surface area contributed by atoms with Crippen molar-refractivity contribution in [1.29, 1.82) is 0 Å². The van der Waals surface area contributed by atoms with Crippen LogP contribution in [0.5, 0.6) is 28.7 Å². The second-order valence-electron chi connectivity index (χ2n) is 10.3. The van der Waals surface area contributed by atoms with Gasteiger partial charge in [0, 0.05) is 17.7 Å². The SMILES string of the molecule is C[C@@H]1O[C@@H](OC[C@H]2O[C@@H](Oc3c(-c4ccc(O)c(O)c4)oc4cc(O)cc(O)c4c3=O)[C@H](O)[C@@H](O)[C@@H]2O)[C@@H](O)[C@H](O)[C@H]1O. The Morgan fingerprint density at radius 1 is 0.744 bits per heavy atom. The Morgan fingerprint density at radius 2 is 1.42 bits per heavy atom. The minimum atomic E-state index is -1.97. The van der Waals surface area contributed by atoms with Gasteiger partial charge in [-0.3, -0.25) is 4.79 Å². The molecule has 0 saturated carbocycles. The van der Waals surface area contributed by atoms with Crippen molar-refractivity contribution in [2.45, 2.75) is 68.3 Å². The molecule has 1 aromatic heterocycles. The number of phenolic OH excluding ortho intramolecular Hbond substituents is 4. The third-order valence-corrected chi connectivity index (χ3v) is 7.29. The third-order valence-electron chi connectivity index (χ3n) is 7.29. The minimum Gasteiger partial charge on any atom is -0.508 e. The van der Waals surface area contributed by atoms with E-state index >= 15 is 0 Å². The number of phenols is 4. The standard InChI is InChI=1S/C27H30O16/c1-8-17(32)20(35)22(37)26(40-8)39-7-15-18(33)21(36)23(38)27(42-15)43-25-19(34)16-13(31)5-10(28)6-14(16)41-24(25)9-2-3-11(29)12(30)4-9/h2-6,8,15,17-18,20-23,26-33,35-38H,7H2,1H3/t8-,15+,17-,18+,20+,21-,22-,23+,26+,27-/m0/s1. The van der Waals surface area contributed by atoms with Gasteiger partial charge in [-0.2, -0.15) is 0 Å². The smallest absolute Gasteiger partial charge is 0.239 e. The van der Waals surface area contributed by atoms with Crippen molar-refractivity contribution < 1.29 is 74.4 Å². The van der Waals surface area contributed by atoms with Crippen LogP contribution in [-0.4, -0.2) is 119 Å². The predicted octanol–water partition coefficient (Wildman–Crippen LogP) is -1.69. The molecule has 2 aliphatic rings. The highest BCUT2D eigenvalue weighted by Gasteiger charge is 2.47. The van der Waals surface area contributed by atoms with Crippen molar-refractivity contribution in [2.24, 2.45) is 0 Å². The van der Waals surface area contributed by atoms with E-state index in [1.165, 1.54) is 13.0 Å². The van der Waals surface area contributed by atoms with E-state index in [2.05, 4.69) is 0 Å². The molecule has 234 valence electrons. The Morgan fingerprint density at radius 3 is 2.12 bits per heavy atom. The van der Waals surface area contributed by atoms with Gasteiger partial charge in [0.2, 0.25) is 17.5 Å². The average molecular weight is 611 g/mol. The first kappa shape index (κ1) is 30.7. The second-order valence-corrected chi connectivity index (χ2v) is 10.3. The summed E-state index contributed by atoms with van der Waals surface area (Å²) in [6, 6.07) is 5.24. The molecule has 43 heavy (non-hydrogen) atoms. The molecule has 0 radical (unpaired) electrons. The predicted molar refractivity (Wildman–Crippen MR) is 140 cm³/mol. The zero-order valence-electron chi connectivity index (χ0n) is 22.3. The van der Waals surface area contributed by atoms with E-state index in [1.807, 2.05) is 0 Å². The maximum atomic E-state index is 13.6. The largest absolute Gasteiger partial charge is 0.508 e. The van der Waals surface area contributed by atoms with Crippen LogP contribution >= 0.6 is 0 Å². The number of hydrogen-bond donors (Lipinski definition) is 10. The van der Waals surface area contributed by atoms with Gasteiger partial charge < -0.3 is 74.4 Å². The molecule has 5 rings (SSSR count). The lowest BCUT2D eigenvalue weighted by atomic mass is 9.98. The van der Waals surface area contributed by atoms with Crippen LogP contribution in [0.1, 0.15) is 6.92 Å². The fourth-order valence-electron chi connectivity index (χ4n) is 4.84. The van der Waals surface area contributed by atoms with Crippen molar-refractivity contribution >= 4 is 11.0 Å². The van der Waals surface area contributed by atoms with Crippen LogP contribution in [0, 0.1) is 0 Å². The summed E-state index contributed by atoms with van der Waals surface area (Å²) in [5.41, 5.74) is -1.35. The molecule has 2 aliphatic heterocycles. The normalized spacial score (nSPS) is 33.0.